The molecule has 0 bridgehead atoms. The van der Waals surface area contributed by atoms with E-state index in [0.29, 0.717) is 0 Å². The summed E-state index contributed by atoms with van der Waals surface area (Å²) in [5.74, 6) is -0.276. The van der Waals surface area contributed by atoms with E-state index in [1.807, 2.05) is 0 Å². The second-order valence-electron chi connectivity index (χ2n) is 9.94. The summed E-state index contributed by atoms with van der Waals surface area (Å²) in [5.41, 5.74) is 11.3. The van der Waals surface area contributed by atoms with Gasteiger partial charge in [-0.25, -0.2) is 19.5 Å². The van der Waals surface area contributed by atoms with Crippen molar-refractivity contribution in [3.63, 3.8) is 0 Å². The number of ether oxygens (including phenoxy) is 2. The molecule has 0 amide bonds. The normalized spacial score (nSPS) is 30.3. The lowest BCUT2D eigenvalue weighted by atomic mass is 10.1. The minimum Gasteiger partial charge on any atom is -0.397 e. The SMILES string of the molecule is Nc1nc2c(ncn2[C@@H]2O[C@H](CO)[C@H](O)[C@H]2OP(=O)(O)OC[C@H]2O[C@@H](n3cnc4c(N)ccnc43)[C@H](O)[C@@H]2O[P+](=O)O)c(=O)[nH]1. The molecule has 242 valence electrons. The maximum atomic E-state index is 13.1. The lowest BCUT2D eigenvalue weighted by Gasteiger charge is -2.24. The predicted octanol–water partition coefficient (Wildman–Crippen LogP) is -2.23. The summed E-state index contributed by atoms with van der Waals surface area (Å²) in [5, 5.41) is 31.4. The molecule has 10 atom stereocenters. The maximum absolute atomic E-state index is 13.1. The molecule has 0 radical (unpaired) electrons. The van der Waals surface area contributed by atoms with E-state index >= 15 is 0 Å². The van der Waals surface area contributed by atoms with E-state index in [9.17, 15) is 39.0 Å². The van der Waals surface area contributed by atoms with Gasteiger partial charge in [-0.05, 0) is 6.07 Å². The minimum atomic E-state index is -5.16. The van der Waals surface area contributed by atoms with Crippen molar-refractivity contribution >= 4 is 50.0 Å². The number of phosphoric ester groups is 1. The Morgan fingerprint density at radius 2 is 1.71 bits per heavy atom. The highest BCUT2D eigenvalue weighted by Gasteiger charge is 2.53. The van der Waals surface area contributed by atoms with E-state index in [2.05, 4.69) is 24.9 Å². The lowest BCUT2D eigenvalue weighted by Crippen LogP contribution is -2.36. The summed E-state index contributed by atoms with van der Waals surface area (Å²) in [6.45, 7) is -1.56. The number of nitrogens with two attached hydrogens (primary N) is 2. The third-order valence-corrected chi connectivity index (χ3v) is 8.57. The Balaban J connectivity index is 1.22. The number of anilines is 2. The number of aliphatic hydroxyl groups is 3. The average molecular weight is 674 g/mol. The Morgan fingerprint density at radius 1 is 1.02 bits per heavy atom. The maximum Gasteiger partial charge on any atom is 0.695 e. The van der Waals surface area contributed by atoms with Crippen LogP contribution in [-0.4, -0.2) is 109 Å². The molecule has 4 aromatic rings. The van der Waals surface area contributed by atoms with Gasteiger partial charge in [0, 0.05) is 10.8 Å². The largest absolute Gasteiger partial charge is 0.695 e. The van der Waals surface area contributed by atoms with Gasteiger partial charge in [0.05, 0.1) is 31.6 Å². The summed E-state index contributed by atoms with van der Waals surface area (Å²) in [7, 11) is -8.44. The number of fused-ring (bicyclic) bond motifs is 2. The molecule has 2 unspecified atom stereocenters. The first-order chi connectivity index (χ1) is 21.4. The highest BCUT2D eigenvalue weighted by atomic mass is 31.2. The van der Waals surface area contributed by atoms with Gasteiger partial charge >= 0.3 is 16.1 Å². The molecule has 6 rings (SSSR count). The van der Waals surface area contributed by atoms with Crippen LogP contribution in [0.1, 0.15) is 12.5 Å². The van der Waals surface area contributed by atoms with Gasteiger partial charge in [0.1, 0.15) is 36.0 Å². The molecule has 2 aliphatic heterocycles. The first-order valence-corrected chi connectivity index (χ1v) is 15.6. The number of hydrogen-bond acceptors (Lipinski definition) is 17. The van der Waals surface area contributed by atoms with E-state index < -0.39 is 83.9 Å². The Hall–Kier alpha value is -3.50. The van der Waals surface area contributed by atoms with Crippen LogP contribution >= 0.6 is 16.1 Å². The quantitative estimate of drug-likeness (QED) is 0.0825. The summed E-state index contributed by atoms with van der Waals surface area (Å²) < 4.78 is 53.8. The second kappa shape index (κ2) is 12.0. The van der Waals surface area contributed by atoms with E-state index in [1.165, 1.54) is 23.2 Å². The van der Waals surface area contributed by atoms with Crippen LogP contribution in [0.25, 0.3) is 22.3 Å². The Labute approximate surface area is 250 Å². The van der Waals surface area contributed by atoms with Gasteiger partial charge in [-0.15, -0.1) is 9.42 Å². The van der Waals surface area contributed by atoms with E-state index in [0.717, 1.165) is 10.9 Å². The molecule has 2 saturated heterocycles. The van der Waals surface area contributed by atoms with Crippen molar-refractivity contribution in [2.24, 2.45) is 0 Å². The topological polar surface area (TPSA) is 328 Å². The molecular weight excluding hydrogens is 648 g/mol. The third kappa shape index (κ3) is 5.83. The van der Waals surface area contributed by atoms with Crippen molar-refractivity contribution < 1.29 is 57.3 Å². The predicted molar refractivity (Wildman–Crippen MR) is 147 cm³/mol. The lowest BCUT2D eigenvalue weighted by molar-refractivity contribution is -0.0609. The molecule has 2 fully saturated rings. The number of H-pyrrole nitrogens is 1. The fourth-order valence-electron chi connectivity index (χ4n) is 5.14. The summed E-state index contributed by atoms with van der Waals surface area (Å²) >= 11 is 0. The van der Waals surface area contributed by atoms with Crippen LogP contribution in [0.5, 0.6) is 0 Å². The Kier molecular flexibility index (Phi) is 8.41. The van der Waals surface area contributed by atoms with Gasteiger partial charge in [0.2, 0.25) is 5.95 Å². The van der Waals surface area contributed by atoms with Gasteiger partial charge < -0.3 is 41.2 Å². The number of rotatable bonds is 10. The van der Waals surface area contributed by atoms with Crippen molar-refractivity contribution in [1.82, 2.24) is 34.1 Å². The van der Waals surface area contributed by atoms with Crippen LogP contribution < -0.4 is 17.0 Å². The number of aliphatic hydroxyl groups excluding tert-OH is 3. The van der Waals surface area contributed by atoms with Gasteiger partial charge in [0.25, 0.3) is 5.56 Å². The molecule has 0 spiro atoms. The molecule has 2 aliphatic rings. The number of pyridine rings is 1. The molecule has 4 aromatic heterocycles. The zero-order chi connectivity index (χ0) is 32.2. The van der Waals surface area contributed by atoms with Crippen molar-refractivity contribution in [1.29, 1.82) is 0 Å². The Bertz CT molecular complexity index is 1850. The van der Waals surface area contributed by atoms with Crippen LogP contribution in [-0.2, 0) is 32.2 Å². The molecule has 0 aliphatic carbocycles. The smallest absolute Gasteiger partial charge is 0.397 e. The van der Waals surface area contributed by atoms with Crippen LogP contribution in [0.3, 0.4) is 0 Å². The number of aromatic amines is 1. The first-order valence-electron chi connectivity index (χ1n) is 12.9. The molecule has 45 heavy (non-hydrogen) atoms. The standard InChI is InChI=1S/C21H25N9O13P2/c22-7-1-2-24-16-10(7)25-5-29(16)19-13(33)14(42-44(35)36)9(41-19)4-39-45(37,38)43-15-12(32)8(3-31)40-20(15)30-6-26-11-17(30)27-21(23)28-18(11)34/h1-2,5-6,8-9,12-15,19-20,31-33H,3-4H2,(H6-,22,23,24,27,28,34,35,36,37,38)/p+1/t8-,9-,12+,13-,14-,15-,19-,20-/m1/s1. The van der Waals surface area contributed by atoms with E-state index in [4.69, 9.17) is 34.5 Å². The van der Waals surface area contributed by atoms with Crippen molar-refractivity contribution in [3.8, 4) is 0 Å². The molecule has 10 N–H and O–H groups in total. The average Bonchev–Trinajstić information content (AvgIpc) is 3.73. The zero-order valence-corrected chi connectivity index (χ0v) is 24.4. The van der Waals surface area contributed by atoms with Gasteiger partial charge in [-0.2, -0.15) is 4.98 Å². The molecule has 6 heterocycles. The van der Waals surface area contributed by atoms with Crippen molar-refractivity contribution in [2.75, 3.05) is 24.7 Å². The highest BCUT2D eigenvalue weighted by Crippen LogP contribution is 2.50. The van der Waals surface area contributed by atoms with Crippen molar-refractivity contribution in [2.45, 2.75) is 49.1 Å². The fourth-order valence-corrected chi connectivity index (χ4v) is 6.55. The molecule has 22 nitrogen and oxygen atoms in total. The summed E-state index contributed by atoms with van der Waals surface area (Å²) in [6, 6.07) is 1.50. The number of nitrogens with zero attached hydrogens (tertiary/aromatic N) is 6. The number of imidazole rings is 2. The minimum absolute atomic E-state index is 0.116. The van der Waals surface area contributed by atoms with Crippen molar-refractivity contribution in [3.05, 3.63) is 35.3 Å². The highest BCUT2D eigenvalue weighted by molar-refractivity contribution is 7.47. The monoisotopic (exact) mass is 674 g/mol. The number of nitrogen functional groups attached to an aromatic ring is 2. The van der Waals surface area contributed by atoms with Crippen LogP contribution in [0.2, 0.25) is 0 Å². The third-order valence-electron chi connectivity index (χ3n) is 7.16. The Morgan fingerprint density at radius 3 is 2.42 bits per heavy atom. The fraction of sp³-hybridized carbons (Fsp3) is 0.476. The van der Waals surface area contributed by atoms with Crippen LogP contribution in [0.4, 0.5) is 11.6 Å². The molecular formula is C21H26N9O13P2+. The summed E-state index contributed by atoms with van der Waals surface area (Å²) in [6.07, 6.45) is -8.34. The molecule has 0 saturated carbocycles. The van der Waals surface area contributed by atoms with E-state index in [-0.39, 0.29) is 34.0 Å². The van der Waals surface area contributed by atoms with Gasteiger partial charge in [-0.3, -0.25) is 28.0 Å². The number of nitrogens with one attached hydrogen (secondary N) is 1. The number of phosphoric acid groups is 1. The summed E-state index contributed by atoms with van der Waals surface area (Å²) in [4.78, 5) is 50.8. The number of aromatic nitrogens is 7. The molecule has 24 heteroatoms. The number of hydrogen-bond donors (Lipinski definition) is 8. The zero-order valence-electron chi connectivity index (χ0n) is 22.6. The van der Waals surface area contributed by atoms with Crippen LogP contribution in [0.15, 0.2) is 29.7 Å². The molecule has 0 aromatic carbocycles. The van der Waals surface area contributed by atoms with Gasteiger partial charge in [0.15, 0.2) is 35.4 Å². The van der Waals surface area contributed by atoms with Gasteiger partial charge in [-0.1, -0.05) is 0 Å². The van der Waals surface area contributed by atoms with Crippen LogP contribution in [0, 0.1) is 0 Å². The second-order valence-corrected chi connectivity index (χ2v) is 12.0. The first kappa shape index (κ1) is 31.5. The van der Waals surface area contributed by atoms with E-state index in [1.54, 1.807) is 0 Å².